The lowest BCUT2D eigenvalue weighted by Gasteiger charge is -2.11. The molecule has 1 aliphatic heterocycles. The van der Waals surface area contributed by atoms with Crippen LogP contribution < -0.4 is 4.90 Å². The van der Waals surface area contributed by atoms with Crippen LogP contribution in [0.3, 0.4) is 0 Å². The van der Waals surface area contributed by atoms with Crippen LogP contribution in [0.2, 0.25) is 0 Å². The highest BCUT2D eigenvalue weighted by Gasteiger charge is 2.30. The summed E-state index contributed by atoms with van der Waals surface area (Å²) in [4.78, 5) is 18.2. The Morgan fingerprint density at radius 1 is 1.67 bits per heavy atom. The highest BCUT2D eigenvalue weighted by Crippen LogP contribution is 2.29. The van der Waals surface area contributed by atoms with Gasteiger partial charge in [0.2, 0.25) is 5.91 Å². The number of thiazole rings is 1. The largest absolute Gasteiger partial charge is 0.287 e. The first kappa shape index (κ1) is 11.1. The molecular formula is C10H13BrN2OS. The maximum Gasteiger partial charge on any atom is 0.230 e. The van der Waals surface area contributed by atoms with E-state index in [1.807, 2.05) is 5.38 Å². The fourth-order valence-corrected chi connectivity index (χ4v) is 3.09. The summed E-state index contributed by atoms with van der Waals surface area (Å²) < 4.78 is 0. The van der Waals surface area contributed by atoms with Gasteiger partial charge in [-0.3, -0.25) is 9.69 Å². The summed E-state index contributed by atoms with van der Waals surface area (Å²) in [5, 5.41) is 2.88. The summed E-state index contributed by atoms with van der Waals surface area (Å²) in [6.45, 7) is 4.96. The zero-order valence-electron chi connectivity index (χ0n) is 8.74. The van der Waals surface area contributed by atoms with E-state index in [2.05, 4.69) is 34.8 Å². The number of amides is 1. The van der Waals surface area contributed by atoms with E-state index in [9.17, 15) is 4.79 Å². The highest BCUT2D eigenvalue weighted by molar-refractivity contribution is 9.09. The first-order chi connectivity index (χ1) is 7.08. The number of anilines is 1. The number of rotatable bonds is 2. The van der Waals surface area contributed by atoms with Gasteiger partial charge in [-0.05, 0) is 5.92 Å². The first-order valence-electron chi connectivity index (χ1n) is 4.97. The van der Waals surface area contributed by atoms with Crippen molar-refractivity contribution in [1.82, 2.24) is 4.98 Å². The van der Waals surface area contributed by atoms with E-state index >= 15 is 0 Å². The summed E-state index contributed by atoms with van der Waals surface area (Å²) in [6.07, 6.45) is 0.580. The summed E-state index contributed by atoms with van der Waals surface area (Å²) in [6, 6.07) is 0. The Bertz CT molecular complexity index is 377. The topological polar surface area (TPSA) is 33.2 Å². The lowest BCUT2D eigenvalue weighted by molar-refractivity contribution is -0.117. The van der Waals surface area contributed by atoms with E-state index < -0.39 is 0 Å². The summed E-state index contributed by atoms with van der Waals surface area (Å²) in [7, 11) is 0. The second kappa shape index (κ2) is 4.22. The van der Waals surface area contributed by atoms with Crippen molar-refractivity contribution in [1.29, 1.82) is 0 Å². The molecule has 5 heteroatoms. The van der Waals surface area contributed by atoms with Crippen molar-refractivity contribution >= 4 is 38.3 Å². The van der Waals surface area contributed by atoms with Gasteiger partial charge in [-0.25, -0.2) is 4.98 Å². The van der Waals surface area contributed by atoms with Gasteiger partial charge in [0.15, 0.2) is 5.13 Å². The summed E-state index contributed by atoms with van der Waals surface area (Å²) >= 11 is 5.02. The Balaban J connectivity index is 2.19. The molecule has 1 atom stereocenters. The Hall–Kier alpha value is -0.420. The molecule has 2 rings (SSSR count). The summed E-state index contributed by atoms with van der Waals surface area (Å²) in [5.74, 6) is 0.592. The van der Waals surface area contributed by atoms with E-state index in [-0.39, 0.29) is 10.7 Å². The van der Waals surface area contributed by atoms with E-state index in [1.54, 1.807) is 16.2 Å². The van der Waals surface area contributed by atoms with Crippen molar-refractivity contribution in [2.24, 2.45) is 0 Å². The zero-order valence-corrected chi connectivity index (χ0v) is 11.1. The average Bonchev–Trinajstić information content (AvgIpc) is 2.71. The van der Waals surface area contributed by atoms with Crippen LogP contribution in [0.4, 0.5) is 5.13 Å². The fourth-order valence-electron chi connectivity index (χ4n) is 1.51. The van der Waals surface area contributed by atoms with Gasteiger partial charge in [0.05, 0.1) is 5.69 Å². The minimum atomic E-state index is 0.168. The lowest BCUT2D eigenvalue weighted by Crippen LogP contribution is -2.24. The third-order valence-electron chi connectivity index (χ3n) is 2.41. The van der Waals surface area contributed by atoms with E-state index in [4.69, 9.17) is 0 Å². The molecule has 1 saturated heterocycles. The van der Waals surface area contributed by atoms with Crippen LogP contribution in [0.1, 0.15) is 31.9 Å². The van der Waals surface area contributed by atoms with Crippen LogP contribution in [-0.2, 0) is 4.79 Å². The Kier molecular flexibility index (Phi) is 3.11. The highest BCUT2D eigenvalue weighted by atomic mass is 79.9. The van der Waals surface area contributed by atoms with Crippen molar-refractivity contribution in [2.75, 3.05) is 11.4 Å². The van der Waals surface area contributed by atoms with Crippen molar-refractivity contribution in [2.45, 2.75) is 31.0 Å². The van der Waals surface area contributed by atoms with Crippen molar-refractivity contribution in [3.8, 4) is 0 Å². The molecule has 0 saturated carbocycles. The van der Waals surface area contributed by atoms with E-state index in [0.717, 1.165) is 17.4 Å². The lowest BCUT2D eigenvalue weighted by atomic mass is 10.2. The Labute approximate surface area is 102 Å². The molecule has 1 unspecified atom stereocenters. The number of hydrogen-bond donors (Lipinski definition) is 0. The molecule has 0 aliphatic carbocycles. The molecule has 1 aromatic rings. The fraction of sp³-hybridized carbons (Fsp3) is 0.600. The van der Waals surface area contributed by atoms with Crippen LogP contribution in [0.5, 0.6) is 0 Å². The van der Waals surface area contributed by atoms with Crippen LogP contribution >= 0.6 is 27.3 Å². The number of carbonyl (C=O) groups is 1. The third kappa shape index (κ3) is 2.23. The van der Waals surface area contributed by atoms with Crippen molar-refractivity contribution < 1.29 is 4.79 Å². The molecular weight excluding hydrogens is 276 g/mol. The standard InChI is InChI=1S/C10H13BrN2OS/c1-6(2)8-5-15-10(12-8)13-4-7(11)3-9(13)14/h5-7H,3-4H2,1-2H3. The second-order valence-corrected chi connectivity index (χ2v) is 6.15. The van der Waals surface area contributed by atoms with Crippen molar-refractivity contribution in [3.63, 3.8) is 0 Å². The molecule has 0 bridgehead atoms. The van der Waals surface area contributed by atoms with Crippen LogP contribution in [-0.4, -0.2) is 22.3 Å². The minimum absolute atomic E-state index is 0.168. The average molecular weight is 289 g/mol. The van der Waals surface area contributed by atoms with E-state index in [0.29, 0.717) is 12.3 Å². The zero-order chi connectivity index (χ0) is 11.0. The smallest absolute Gasteiger partial charge is 0.230 e. The molecule has 0 radical (unpaired) electrons. The normalized spacial score (nSPS) is 21.7. The maximum absolute atomic E-state index is 11.6. The van der Waals surface area contributed by atoms with Gasteiger partial charge < -0.3 is 0 Å². The molecule has 0 N–H and O–H groups in total. The Morgan fingerprint density at radius 3 is 2.87 bits per heavy atom. The van der Waals surface area contributed by atoms with Gasteiger partial charge in [-0.15, -0.1) is 11.3 Å². The molecule has 1 amide bonds. The molecule has 1 aliphatic rings. The van der Waals surface area contributed by atoms with E-state index in [1.165, 1.54) is 0 Å². The molecule has 15 heavy (non-hydrogen) atoms. The van der Waals surface area contributed by atoms with Gasteiger partial charge in [0.25, 0.3) is 0 Å². The van der Waals surface area contributed by atoms with Crippen LogP contribution in [0.15, 0.2) is 5.38 Å². The number of nitrogens with zero attached hydrogens (tertiary/aromatic N) is 2. The summed E-state index contributed by atoms with van der Waals surface area (Å²) in [5.41, 5.74) is 1.07. The van der Waals surface area contributed by atoms with Gasteiger partial charge in [0.1, 0.15) is 0 Å². The second-order valence-electron chi connectivity index (χ2n) is 4.02. The number of hydrogen-bond acceptors (Lipinski definition) is 3. The maximum atomic E-state index is 11.6. The number of alkyl halides is 1. The molecule has 1 aromatic heterocycles. The molecule has 3 nitrogen and oxygen atoms in total. The van der Waals surface area contributed by atoms with Gasteiger partial charge in [-0.1, -0.05) is 29.8 Å². The third-order valence-corrected chi connectivity index (χ3v) is 3.91. The first-order valence-corrected chi connectivity index (χ1v) is 6.77. The van der Waals surface area contributed by atoms with Crippen molar-refractivity contribution in [3.05, 3.63) is 11.1 Å². The van der Waals surface area contributed by atoms with Gasteiger partial charge in [0, 0.05) is 23.2 Å². The molecule has 2 heterocycles. The van der Waals surface area contributed by atoms with Crippen LogP contribution in [0.25, 0.3) is 0 Å². The quantitative estimate of drug-likeness (QED) is 0.784. The number of carbonyl (C=O) groups excluding carboxylic acids is 1. The Morgan fingerprint density at radius 2 is 2.40 bits per heavy atom. The number of aromatic nitrogens is 1. The molecule has 1 fully saturated rings. The molecule has 82 valence electrons. The number of halogens is 1. The predicted molar refractivity (Wildman–Crippen MR) is 65.9 cm³/mol. The van der Waals surface area contributed by atoms with Gasteiger partial charge in [-0.2, -0.15) is 0 Å². The SMILES string of the molecule is CC(C)c1csc(N2CC(Br)CC2=O)n1. The predicted octanol–water partition coefficient (Wildman–Crippen LogP) is 2.77. The minimum Gasteiger partial charge on any atom is -0.287 e. The molecule has 0 aromatic carbocycles. The van der Waals surface area contributed by atoms with Gasteiger partial charge >= 0.3 is 0 Å². The molecule has 0 spiro atoms. The van der Waals surface area contributed by atoms with Crippen LogP contribution in [0, 0.1) is 0 Å². The monoisotopic (exact) mass is 288 g/mol.